The van der Waals surface area contributed by atoms with Gasteiger partial charge >= 0.3 is 5.97 Å². The van der Waals surface area contributed by atoms with Crippen LogP contribution in [-0.2, 0) is 4.79 Å². The van der Waals surface area contributed by atoms with E-state index in [1.54, 1.807) is 0 Å². The van der Waals surface area contributed by atoms with Crippen molar-refractivity contribution < 1.29 is 23.4 Å². The molecule has 1 atom stereocenters. The predicted octanol–water partition coefficient (Wildman–Crippen LogP) is 1.93. The van der Waals surface area contributed by atoms with Gasteiger partial charge in [-0.25, -0.2) is 8.78 Å². The van der Waals surface area contributed by atoms with E-state index >= 15 is 0 Å². The monoisotopic (exact) mass is 259 g/mol. The molecule has 0 aromatic heterocycles. The lowest BCUT2D eigenvalue weighted by Gasteiger charge is -2.18. The Bertz CT molecular complexity index is 435. The van der Waals surface area contributed by atoms with E-state index in [2.05, 4.69) is 0 Å². The van der Waals surface area contributed by atoms with Crippen LogP contribution in [0.15, 0.2) is 18.2 Å². The molecule has 0 fully saturated rings. The first-order valence-corrected chi connectivity index (χ1v) is 5.43. The van der Waals surface area contributed by atoms with E-state index in [9.17, 15) is 13.6 Å². The molecule has 0 spiro atoms. The molecule has 0 saturated carbocycles. The molecule has 1 aromatic carbocycles. The van der Waals surface area contributed by atoms with Gasteiger partial charge in [-0.05, 0) is 31.9 Å². The minimum Gasteiger partial charge on any atom is -0.490 e. The van der Waals surface area contributed by atoms with Crippen LogP contribution in [0.2, 0.25) is 0 Å². The number of halogens is 2. The number of carbonyl (C=O) groups is 1. The van der Waals surface area contributed by atoms with Crippen LogP contribution >= 0.6 is 0 Å². The molecule has 0 radical (unpaired) electrons. The largest absolute Gasteiger partial charge is 0.490 e. The van der Waals surface area contributed by atoms with Crippen molar-refractivity contribution in [2.75, 3.05) is 6.61 Å². The van der Waals surface area contributed by atoms with Crippen LogP contribution in [-0.4, -0.2) is 23.2 Å². The minimum absolute atomic E-state index is 0.0699. The lowest BCUT2D eigenvalue weighted by Crippen LogP contribution is -2.44. The van der Waals surface area contributed by atoms with Crippen molar-refractivity contribution in [1.29, 1.82) is 0 Å². The number of rotatable bonds is 6. The first-order chi connectivity index (χ1) is 8.33. The van der Waals surface area contributed by atoms with Crippen LogP contribution in [0.4, 0.5) is 8.78 Å². The van der Waals surface area contributed by atoms with Gasteiger partial charge in [-0.3, -0.25) is 4.79 Å². The van der Waals surface area contributed by atoms with Gasteiger partial charge in [0.1, 0.15) is 11.4 Å². The SMILES string of the molecule is CC(N)(CCCOc1cc(F)ccc1F)C(=O)O. The Kier molecular flexibility index (Phi) is 4.61. The number of ether oxygens (including phenoxy) is 1. The fraction of sp³-hybridized carbons (Fsp3) is 0.417. The van der Waals surface area contributed by atoms with Crippen molar-refractivity contribution in [2.24, 2.45) is 5.73 Å². The fourth-order valence-electron chi connectivity index (χ4n) is 1.32. The van der Waals surface area contributed by atoms with Gasteiger partial charge in [0.2, 0.25) is 0 Å². The van der Waals surface area contributed by atoms with Crippen molar-refractivity contribution in [3.05, 3.63) is 29.8 Å². The van der Waals surface area contributed by atoms with Gasteiger partial charge in [-0.15, -0.1) is 0 Å². The topological polar surface area (TPSA) is 72.5 Å². The second-order valence-electron chi connectivity index (χ2n) is 4.25. The molecule has 100 valence electrons. The standard InChI is InChI=1S/C12H15F2NO3/c1-12(15,11(16)17)5-2-6-18-10-7-8(13)3-4-9(10)14/h3-4,7H,2,5-6,15H2,1H3,(H,16,17). The van der Waals surface area contributed by atoms with E-state index in [-0.39, 0.29) is 18.8 Å². The summed E-state index contributed by atoms with van der Waals surface area (Å²) in [5.74, 6) is -2.56. The maximum absolute atomic E-state index is 13.1. The summed E-state index contributed by atoms with van der Waals surface area (Å²) in [6.07, 6.45) is 0.508. The average Bonchev–Trinajstić information content (AvgIpc) is 2.28. The summed E-state index contributed by atoms with van der Waals surface area (Å²) in [5, 5.41) is 8.76. The maximum Gasteiger partial charge on any atom is 0.323 e. The quantitative estimate of drug-likeness (QED) is 0.765. The fourth-order valence-corrected chi connectivity index (χ4v) is 1.32. The van der Waals surface area contributed by atoms with Crippen molar-refractivity contribution in [1.82, 2.24) is 0 Å². The van der Waals surface area contributed by atoms with E-state index in [1.165, 1.54) is 6.92 Å². The first kappa shape index (κ1) is 14.4. The van der Waals surface area contributed by atoms with E-state index in [0.29, 0.717) is 6.42 Å². The van der Waals surface area contributed by atoms with Gasteiger partial charge < -0.3 is 15.6 Å². The third-order valence-corrected chi connectivity index (χ3v) is 2.48. The van der Waals surface area contributed by atoms with E-state index in [4.69, 9.17) is 15.6 Å². The van der Waals surface area contributed by atoms with Crippen LogP contribution in [0.5, 0.6) is 5.75 Å². The highest BCUT2D eigenvalue weighted by Gasteiger charge is 2.26. The lowest BCUT2D eigenvalue weighted by molar-refractivity contribution is -0.143. The Morgan fingerprint density at radius 1 is 1.50 bits per heavy atom. The van der Waals surface area contributed by atoms with Crippen molar-refractivity contribution in [3.63, 3.8) is 0 Å². The Labute approximate surface area is 103 Å². The molecular weight excluding hydrogens is 244 g/mol. The van der Waals surface area contributed by atoms with Crippen molar-refractivity contribution in [2.45, 2.75) is 25.3 Å². The zero-order valence-corrected chi connectivity index (χ0v) is 9.95. The van der Waals surface area contributed by atoms with Gasteiger partial charge in [0.25, 0.3) is 0 Å². The second-order valence-corrected chi connectivity index (χ2v) is 4.25. The summed E-state index contributed by atoms with van der Waals surface area (Å²) in [5.41, 5.74) is 4.16. The summed E-state index contributed by atoms with van der Waals surface area (Å²) in [4.78, 5) is 10.7. The third kappa shape index (κ3) is 3.96. The molecule has 0 heterocycles. The second kappa shape index (κ2) is 5.77. The Balaban J connectivity index is 2.43. The minimum atomic E-state index is -1.34. The number of nitrogens with two attached hydrogens (primary N) is 1. The van der Waals surface area contributed by atoms with E-state index in [1.807, 2.05) is 0 Å². The number of hydrogen-bond acceptors (Lipinski definition) is 3. The number of hydrogen-bond donors (Lipinski definition) is 2. The summed E-state index contributed by atoms with van der Waals surface area (Å²) in [6.45, 7) is 1.46. The number of aliphatic carboxylic acids is 1. The molecule has 3 N–H and O–H groups in total. The Hall–Kier alpha value is -1.69. The van der Waals surface area contributed by atoms with Gasteiger partial charge in [0.15, 0.2) is 11.6 Å². The summed E-state index contributed by atoms with van der Waals surface area (Å²) >= 11 is 0. The van der Waals surface area contributed by atoms with Crippen molar-refractivity contribution in [3.8, 4) is 5.75 Å². The third-order valence-electron chi connectivity index (χ3n) is 2.48. The maximum atomic E-state index is 13.1. The summed E-state index contributed by atoms with van der Waals surface area (Å²) in [6, 6.07) is 2.90. The number of benzene rings is 1. The van der Waals surface area contributed by atoms with E-state index in [0.717, 1.165) is 18.2 Å². The normalized spacial score (nSPS) is 14.0. The molecule has 18 heavy (non-hydrogen) atoms. The molecule has 6 heteroatoms. The van der Waals surface area contributed by atoms with Crippen LogP contribution in [0.1, 0.15) is 19.8 Å². The molecule has 1 rings (SSSR count). The van der Waals surface area contributed by atoms with Crippen LogP contribution in [0, 0.1) is 11.6 Å². The highest BCUT2D eigenvalue weighted by atomic mass is 19.1. The molecule has 0 aliphatic carbocycles. The molecule has 0 amide bonds. The Morgan fingerprint density at radius 2 is 2.17 bits per heavy atom. The van der Waals surface area contributed by atoms with Crippen LogP contribution < -0.4 is 10.5 Å². The molecule has 4 nitrogen and oxygen atoms in total. The van der Waals surface area contributed by atoms with Gasteiger partial charge in [0.05, 0.1) is 6.61 Å². The van der Waals surface area contributed by atoms with Crippen LogP contribution in [0.25, 0.3) is 0 Å². The molecule has 1 unspecified atom stereocenters. The number of carboxylic acids is 1. The predicted molar refractivity (Wildman–Crippen MR) is 61.3 cm³/mol. The highest BCUT2D eigenvalue weighted by Crippen LogP contribution is 2.18. The van der Waals surface area contributed by atoms with Gasteiger partial charge in [0, 0.05) is 6.07 Å². The van der Waals surface area contributed by atoms with Gasteiger partial charge in [-0.1, -0.05) is 0 Å². The van der Waals surface area contributed by atoms with Crippen LogP contribution in [0.3, 0.4) is 0 Å². The molecule has 1 aromatic rings. The first-order valence-electron chi connectivity index (χ1n) is 5.43. The van der Waals surface area contributed by atoms with E-state index < -0.39 is 23.1 Å². The average molecular weight is 259 g/mol. The Morgan fingerprint density at radius 3 is 2.78 bits per heavy atom. The van der Waals surface area contributed by atoms with Crippen molar-refractivity contribution >= 4 is 5.97 Å². The molecular formula is C12H15F2NO3. The molecule has 0 bridgehead atoms. The van der Waals surface area contributed by atoms with Gasteiger partial charge in [-0.2, -0.15) is 0 Å². The lowest BCUT2D eigenvalue weighted by atomic mass is 9.98. The molecule has 0 aliphatic heterocycles. The summed E-state index contributed by atoms with van der Waals surface area (Å²) in [7, 11) is 0. The highest BCUT2D eigenvalue weighted by molar-refractivity contribution is 5.77. The zero-order valence-electron chi connectivity index (χ0n) is 9.95. The number of carboxylic acid groups (broad SMARTS) is 1. The molecule has 0 saturated heterocycles. The molecule has 0 aliphatic rings. The zero-order chi connectivity index (χ0) is 13.8. The summed E-state index contributed by atoms with van der Waals surface area (Å²) < 4.78 is 31.0. The smallest absolute Gasteiger partial charge is 0.323 e.